The lowest BCUT2D eigenvalue weighted by Gasteiger charge is -2.17. The maximum Gasteiger partial charge on any atom is 0.573 e. The van der Waals surface area contributed by atoms with Crippen LogP contribution in [0.25, 0.3) is 0 Å². The van der Waals surface area contributed by atoms with Crippen molar-refractivity contribution in [1.82, 2.24) is 20.2 Å². The number of benzene rings is 1. The molecule has 0 spiro atoms. The number of anilines is 2. The number of para-hydroxylation sites is 2. The number of likely N-dealkylation sites (tertiary alicyclic amines) is 1. The molecule has 1 fully saturated rings. The Morgan fingerprint density at radius 1 is 1.24 bits per heavy atom. The molecule has 1 aliphatic rings. The summed E-state index contributed by atoms with van der Waals surface area (Å²) in [5.41, 5.74) is 9.76. The van der Waals surface area contributed by atoms with E-state index < -0.39 is 23.7 Å². The number of carbonyl (C=O) groups is 2. The molecule has 13 nitrogen and oxygen atoms in total. The van der Waals surface area contributed by atoms with Gasteiger partial charge in [-0.05, 0) is 31.5 Å². The summed E-state index contributed by atoms with van der Waals surface area (Å²) in [5, 5.41) is 7.75. The Morgan fingerprint density at radius 2 is 2.00 bits per heavy atom. The van der Waals surface area contributed by atoms with Crippen molar-refractivity contribution in [2.75, 3.05) is 36.8 Å². The van der Waals surface area contributed by atoms with Crippen molar-refractivity contribution in [2.24, 2.45) is 16.5 Å². The lowest BCUT2D eigenvalue weighted by molar-refractivity contribution is -0.274. The predicted octanol–water partition coefficient (Wildman–Crippen LogP) is 0.709. The monoisotopic (exact) mass is 539 g/mol. The van der Waals surface area contributed by atoms with E-state index in [1.807, 2.05) is 0 Å². The molecule has 0 radical (unpaired) electrons. The fourth-order valence-electron chi connectivity index (χ4n) is 3.68. The standard InChI is InChI=1S/C22H28F3N9O4/c23-22(24,25)38-16-5-2-1-4-15(16)31-21(37)33-20-30-11-13(18(36)32-20)10-17(35)34-9-6-14(12-34)28-7-3-8-29-19(26)27/h1-2,4-5,11,14,28H,3,6-10,12H2,(H4,26,27,29)(H3,30,31,32,33,36,37). The summed E-state index contributed by atoms with van der Waals surface area (Å²) < 4.78 is 41.5. The minimum absolute atomic E-state index is 0.0416. The Morgan fingerprint density at radius 3 is 2.71 bits per heavy atom. The minimum Gasteiger partial charge on any atom is -0.404 e. The summed E-state index contributed by atoms with van der Waals surface area (Å²) in [4.78, 5) is 49.1. The third-order valence-electron chi connectivity index (χ3n) is 5.41. The fourth-order valence-corrected chi connectivity index (χ4v) is 3.68. The van der Waals surface area contributed by atoms with Crippen LogP contribution in [-0.2, 0) is 11.2 Å². The highest BCUT2D eigenvalue weighted by molar-refractivity contribution is 5.99. The Labute approximate surface area is 214 Å². The number of amides is 3. The molecule has 1 aromatic carbocycles. The molecule has 1 aromatic heterocycles. The van der Waals surface area contributed by atoms with Crippen molar-refractivity contribution < 1.29 is 27.5 Å². The summed E-state index contributed by atoms with van der Waals surface area (Å²) in [6.07, 6.45) is -2.47. The quantitative estimate of drug-likeness (QED) is 0.144. The average Bonchev–Trinajstić information content (AvgIpc) is 3.30. The van der Waals surface area contributed by atoms with Crippen LogP contribution in [0.15, 0.2) is 40.2 Å². The van der Waals surface area contributed by atoms with Crippen LogP contribution in [0.5, 0.6) is 5.75 Å². The maximum atomic E-state index is 12.7. The van der Waals surface area contributed by atoms with Crippen LogP contribution in [0.3, 0.4) is 0 Å². The molecule has 1 saturated heterocycles. The van der Waals surface area contributed by atoms with Crippen LogP contribution in [0.1, 0.15) is 18.4 Å². The summed E-state index contributed by atoms with van der Waals surface area (Å²) in [6.45, 7) is 2.23. The molecule has 0 aliphatic carbocycles. The number of rotatable bonds is 10. The summed E-state index contributed by atoms with van der Waals surface area (Å²) in [5.74, 6) is -1.08. The van der Waals surface area contributed by atoms with Crippen molar-refractivity contribution in [1.29, 1.82) is 0 Å². The second kappa shape index (κ2) is 12.8. The Balaban J connectivity index is 1.49. The van der Waals surface area contributed by atoms with Crippen LogP contribution >= 0.6 is 0 Å². The maximum absolute atomic E-state index is 12.7. The second-order valence-electron chi connectivity index (χ2n) is 8.33. The molecule has 206 valence electrons. The number of ether oxygens (including phenoxy) is 1. The van der Waals surface area contributed by atoms with Gasteiger partial charge in [0.1, 0.15) is 0 Å². The molecule has 1 atom stereocenters. The van der Waals surface area contributed by atoms with E-state index in [9.17, 15) is 27.6 Å². The molecule has 3 amide bonds. The molecular weight excluding hydrogens is 511 g/mol. The van der Waals surface area contributed by atoms with Crippen molar-refractivity contribution in [2.45, 2.75) is 31.7 Å². The number of carbonyl (C=O) groups excluding carboxylic acids is 2. The third-order valence-corrected chi connectivity index (χ3v) is 5.41. The number of guanidine groups is 1. The molecule has 2 heterocycles. The number of nitrogens with two attached hydrogens (primary N) is 2. The van der Waals surface area contributed by atoms with Gasteiger partial charge in [0.15, 0.2) is 11.7 Å². The Bertz CT molecular complexity index is 1220. The van der Waals surface area contributed by atoms with Crippen LogP contribution in [0.4, 0.5) is 29.6 Å². The number of H-pyrrole nitrogens is 1. The topological polar surface area (TPSA) is 193 Å². The minimum atomic E-state index is -4.95. The van der Waals surface area contributed by atoms with E-state index in [0.29, 0.717) is 26.2 Å². The SMILES string of the molecule is NC(N)=NCCCNC1CCN(C(=O)Cc2cnc(NC(=O)Nc3ccccc3OC(F)(F)F)[nH]c2=O)C1. The van der Waals surface area contributed by atoms with Crippen molar-refractivity contribution in [3.63, 3.8) is 0 Å². The normalized spacial score (nSPS) is 15.1. The Kier molecular flexibility index (Phi) is 9.48. The second-order valence-corrected chi connectivity index (χ2v) is 8.33. The van der Waals surface area contributed by atoms with Gasteiger partial charge in [0.05, 0.1) is 12.1 Å². The smallest absolute Gasteiger partial charge is 0.404 e. The number of urea groups is 1. The highest BCUT2D eigenvalue weighted by atomic mass is 19.4. The fraction of sp³-hybridized carbons (Fsp3) is 0.409. The van der Waals surface area contributed by atoms with Gasteiger partial charge in [0.2, 0.25) is 11.9 Å². The van der Waals surface area contributed by atoms with E-state index in [0.717, 1.165) is 25.1 Å². The van der Waals surface area contributed by atoms with Crippen LogP contribution < -0.4 is 37.7 Å². The predicted molar refractivity (Wildman–Crippen MR) is 133 cm³/mol. The average molecular weight is 540 g/mol. The van der Waals surface area contributed by atoms with Gasteiger partial charge in [-0.3, -0.25) is 24.9 Å². The van der Waals surface area contributed by atoms with Crippen molar-refractivity contribution in [3.8, 4) is 5.75 Å². The van der Waals surface area contributed by atoms with Gasteiger partial charge < -0.3 is 31.7 Å². The molecule has 0 bridgehead atoms. The first-order valence-electron chi connectivity index (χ1n) is 11.6. The number of nitrogens with zero attached hydrogens (tertiary/aromatic N) is 3. The molecule has 8 N–H and O–H groups in total. The number of nitrogens with one attached hydrogen (secondary N) is 4. The summed E-state index contributed by atoms with van der Waals surface area (Å²) in [6, 6.07) is 4.09. The van der Waals surface area contributed by atoms with E-state index in [4.69, 9.17) is 11.5 Å². The molecule has 0 saturated carbocycles. The van der Waals surface area contributed by atoms with E-state index in [1.165, 1.54) is 18.2 Å². The van der Waals surface area contributed by atoms with Crippen LogP contribution in [0.2, 0.25) is 0 Å². The van der Waals surface area contributed by atoms with Crippen LogP contribution in [-0.4, -0.2) is 71.3 Å². The first-order chi connectivity index (χ1) is 18.0. The number of hydrogen-bond acceptors (Lipinski definition) is 7. The molecule has 38 heavy (non-hydrogen) atoms. The van der Waals surface area contributed by atoms with E-state index in [1.54, 1.807) is 4.90 Å². The van der Waals surface area contributed by atoms with Gasteiger partial charge in [-0.1, -0.05) is 12.1 Å². The van der Waals surface area contributed by atoms with E-state index >= 15 is 0 Å². The van der Waals surface area contributed by atoms with Gasteiger partial charge in [0.25, 0.3) is 5.56 Å². The zero-order chi connectivity index (χ0) is 27.7. The number of alkyl halides is 3. The van der Waals surface area contributed by atoms with Gasteiger partial charge in [0, 0.05) is 37.4 Å². The number of aromatic nitrogens is 2. The molecule has 2 aromatic rings. The third kappa shape index (κ3) is 8.95. The van der Waals surface area contributed by atoms with Gasteiger partial charge in [-0.2, -0.15) is 0 Å². The first-order valence-corrected chi connectivity index (χ1v) is 11.6. The number of aromatic amines is 1. The molecule has 1 aliphatic heterocycles. The lowest BCUT2D eigenvalue weighted by atomic mass is 10.2. The van der Waals surface area contributed by atoms with Crippen molar-refractivity contribution >= 4 is 29.5 Å². The number of halogens is 3. The first kappa shape index (κ1) is 28.2. The van der Waals surface area contributed by atoms with Gasteiger partial charge in [-0.15, -0.1) is 13.2 Å². The molecule has 16 heteroatoms. The lowest BCUT2D eigenvalue weighted by Crippen LogP contribution is -2.37. The van der Waals surface area contributed by atoms with Crippen molar-refractivity contribution in [3.05, 3.63) is 46.4 Å². The number of aliphatic imine (C=N–C) groups is 1. The molecular formula is C22H28F3N9O4. The van der Waals surface area contributed by atoms with E-state index in [-0.39, 0.29) is 41.5 Å². The highest BCUT2D eigenvalue weighted by Crippen LogP contribution is 2.29. The van der Waals surface area contributed by atoms with E-state index in [2.05, 4.69) is 35.6 Å². The number of hydrogen-bond donors (Lipinski definition) is 6. The molecule has 3 rings (SSSR count). The zero-order valence-electron chi connectivity index (χ0n) is 20.2. The molecule has 1 unspecified atom stereocenters. The largest absolute Gasteiger partial charge is 0.573 e. The summed E-state index contributed by atoms with van der Waals surface area (Å²) >= 11 is 0. The zero-order valence-corrected chi connectivity index (χ0v) is 20.2. The van der Waals surface area contributed by atoms with Gasteiger partial charge in [-0.25, -0.2) is 9.78 Å². The highest BCUT2D eigenvalue weighted by Gasteiger charge is 2.32. The van der Waals surface area contributed by atoms with Crippen LogP contribution in [0, 0.1) is 0 Å². The Hall–Kier alpha value is -4.34. The van der Waals surface area contributed by atoms with Gasteiger partial charge >= 0.3 is 12.4 Å². The summed E-state index contributed by atoms with van der Waals surface area (Å²) in [7, 11) is 0.